The third-order valence-electron chi connectivity index (χ3n) is 4.02. The summed E-state index contributed by atoms with van der Waals surface area (Å²) in [6, 6.07) is 8.13. The number of nitrogens with one attached hydrogen (secondary N) is 1. The quantitative estimate of drug-likeness (QED) is 0.847. The van der Waals surface area contributed by atoms with Crippen LogP contribution in [0.3, 0.4) is 0 Å². The molecule has 1 fully saturated rings. The van der Waals surface area contributed by atoms with Crippen molar-refractivity contribution in [1.82, 2.24) is 5.32 Å². The highest BCUT2D eigenvalue weighted by Crippen LogP contribution is 2.40. The highest BCUT2D eigenvalue weighted by atomic mass is 35.5. The van der Waals surface area contributed by atoms with Crippen molar-refractivity contribution in [3.05, 3.63) is 34.9 Å². The predicted octanol–water partition coefficient (Wildman–Crippen LogP) is 3.37. The molecule has 1 aliphatic rings. The standard InChI is InChI=1S/C16H22ClNO2/c1-10(2)15(16(19)20-3)18-12-8-11(9-12)13-6-4-5-7-14(13)17/h4-7,10-12,15,18H,8-9H2,1-3H3/t11?,12?,15-/m0/s1. The molecule has 0 unspecified atom stereocenters. The first-order valence-electron chi connectivity index (χ1n) is 7.11. The molecule has 2 rings (SSSR count). The van der Waals surface area contributed by atoms with E-state index in [1.165, 1.54) is 12.7 Å². The largest absolute Gasteiger partial charge is 0.468 e. The first-order chi connectivity index (χ1) is 9.52. The van der Waals surface area contributed by atoms with E-state index in [9.17, 15) is 4.79 Å². The fourth-order valence-electron chi connectivity index (χ4n) is 2.73. The first-order valence-corrected chi connectivity index (χ1v) is 7.49. The van der Waals surface area contributed by atoms with Crippen LogP contribution in [0.1, 0.15) is 38.2 Å². The van der Waals surface area contributed by atoms with Gasteiger partial charge in [0.15, 0.2) is 0 Å². The summed E-state index contributed by atoms with van der Waals surface area (Å²) < 4.78 is 4.85. The van der Waals surface area contributed by atoms with Gasteiger partial charge in [0.25, 0.3) is 0 Å². The summed E-state index contributed by atoms with van der Waals surface area (Å²) in [5.74, 6) is 0.537. The summed E-state index contributed by atoms with van der Waals surface area (Å²) in [4.78, 5) is 11.7. The molecule has 0 aliphatic heterocycles. The van der Waals surface area contributed by atoms with Gasteiger partial charge in [-0.3, -0.25) is 4.79 Å². The molecule has 0 spiro atoms. The van der Waals surface area contributed by atoms with Gasteiger partial charge in [0.05, 0.1) is 7.11 Å². The van der Waals surface area contributed by atoms with Gasteiger partial charge >= 0.3 is 5.97 Å². The lowest BCUT2D eigenvalue weighted by molar-refractivity contribution is -0.144. The third kappa shape index (κ3) is 3.33. The molecule has 1 aromatic rings. The van der Waals surface area contributed by atoms with Crippen molar-refractivity contribution in [3.8, 4) is 0 Å². The van der Waals surface area contributed by atoms with Crippen molar-refractivity contribution in [2.45, 2.75) is 44.7 Å². The monoisotopic (exact) mass is 295 g/mol. The molecule has 1 N–H and O–H groups in total. The van der Waals surface area contributed by atoms with Crippen LogP contribution < -0.4 is 5.32 Å². The van der Waals surface area contributed by atoms with Gasteiger partial charge in [-0.15, -0.1) is 0 Å². The van der Waals surface area contributed by atoms with E-state index in [1.54, 1.807) is 0 Å². The maximum absolute atomic E-state index is 11.7. The second-order valence-corrected chi connectivity index (χ2v) is 6.21. The Kier molecular flexibility index (Phi) is 5.06. The Morgan fingerprint density at radius 2 is 2.00 bits per heavy atom. The minimum Gasteiger partial charge on any atom is -0.468 e. The van der Waals surface area contributed by atoms with Crippen LogP contribution in [-0.4, -0.2) is 25.2 Å². The number of hydrogen-bond acceptors (Lipinski definition) is 3. The van der Waals surface area contributed by atoms with E-state index in [0.29, 0.717) is 12.0 Å². The minimum atomic E-state index is -0.225. The van der Waals surface area contributed by atoms with Crippen LogP contribution in [0.15, 0.2) is 24.3 Å². The number of carbonyl (C=O) groups is 1. The lowest BCUT2D eigenvalue weighted by atomic mass is 9.75. The van der Waals surface area contributed by atoms with Gasteiger partial charge in [0, 0.05) is 11.1 Å². The Balaban J connectivity index is 1.90. The lowest BCUT2D eigenvalue weighted by Gasteiger charge is -2.39. The highest BCUT2D eigenvalue weighted by molar-refractivity contribution is 6.31. The maximum Gasteiger partial charge on any atom is 0.323 e. The molecule has 0 saturated heterocycles. The number of halogens is 1. The van der Waals surface area contributed by atoms with Crippen molar-refractivity contribution in [3.63, 3.8) is 0 Å². The Hall–Kier alpha value is -1.06. The van der Waals surface area contributed by atoms with E-state index in [0.717, 1.165) is 17.9 Å². The number of hydrogen-bond donors (Lipinski definition) is 1. The average Bonchev–Trinajstić information content (AvgIpc) is 2.37. The van der Waals surface area contributed by atoms with E-state index in [-0.39, 0.29) is 17.9 Å². The summed E-state index contributed by atoms with van der Waals surface area (Å²) in [5, 5.41) is 4.24. The Labute approximate surface area is 125 Å². The second kappa shape index (κ2) is 6.59. The topological polar surface area (TPSA) is 38.3 Å². The van der Waals surface area contributed by atoms with E-state index >= 15 is 0 Å². The molecule has 0 amide bonds. The molecule has 1 saturated carbocycles. The fourth-order valence-corrected chi connectivity index (χ4v) is 3.02. The molecule has 0 bridgehead atoms. The van der Waals surface area contributed by atoms with Gasteiger partial charge < -0.3 is 10.1 Å². The summed E-state index contributed by atoms with van der Waals surface area (Å²) in [6.07, 6.45) is 2.04. The van der Waals surface area contributed by atoms with E-state index < -0.39 is 0 Å². The van der Waals surface area contributed by atoms with Crippen molar-refractivity contribution < 1.29 is 9.53 Å². The molecule has 110 valence electrons. The number of benzene rings is 1. The normalized spacial score (nSPS) is 23.2. The van der Waals surface area contributed by atoms with E-state index in [1.807, 2.05) is 32.0 Å². The van der Waals surface area contributed by atoms with Gasteiger partial charge in [-0.1, -0.05) is 43.6 Å². The summed E-state index contributed by atoms with van der Waals surface area (Å²) in [5.41, 5.74) is 1.21. The van der Waals surface area contributed by atoms with Crippen LogP contribution in [0.5, 0.6) is 0 Å². The molecule has 4 heteroatoms. The van der Waals surface area contributed by atoms with Gasteiger partial charge in [0.2, 0.25) is 0 Å². The second-order valence-electron chi connectivity index (χ2n) is 5.80. The molecule has 1 aromatic carbocycles. The van der Waals surface area contributed by atoms with Gasteiger partial charge in [-0.2, -0.15) is 0 Å². The third-order valence-corrected chi connectivity index (χ3v) is 4.36. The SMILES string of the molecule is COC(=O)[C@@H](NC1CC(c2ccccc2Cl)C1)C(C)C. The number of ether oxygens (including phenoxy) is 1. The first kappa shape index (κ1) is 15.3. The van der Waals surface area contributed by atoms with Crippen molar-refractivity contribution in [2.75, 3.05) is 7.11 Å². The number of esters is 1. The van der Waals surface area contributed by atoms with Crippen molar-refractivity contribution in [2.24, 2.45) is 5.92 Å². The lowest BCUT2D eigenvalue weighted by Crippen LogP contribution is -2.51. The zero-order valence-corrected chi connectivity index (χ0v) is 13.0. The minimum absolute atomic E-state index is 0.179. The Bertz CT molecular complexity index is 469. The van der Waals surface area contributed by atoms with Crippen LogP contribution in [0.25, 0.3) is 0 Å². The van der Waals surface area contributed by atoms with E-state index in [2.05, 4.69) is 11.4 Å². The van der Waals surface area contributed by atoms with Gasteiger partial charge in [-0.25, -0.2) is 0 Å². The fraction of sp³-hybridized carbons (Fsp3) is 0.562. The van der Waals surface area contributed by atoms with E-state index in [4.69, 9.17) is 16.3 Å². The molecule has 3 nitrogen and oxygen atoms in total. The molecular weight excluding hydrogens is 274 g/mol. The molecule has 0 aromatic heterocycles. The van der Waals surface area contributed by atoms with Crippen LogP contribution in [0, 0.1) is 5.92 Å². The van der Waals surface area contributed by atoms with Gasteiger partial charge in [0.1, 0.15) is 6.04 Å². The predicted molar refractivity (Wildman–Crippen MR) is 81.0 cm³/mol. The van der Waals surface area contributed by atoms with Crippen LogP contribution in [0.4, 0.5) is 0 Å². The van der Waals surface area contributed by atoms with Crippen LogP contribution in [0.2, 0.25) is 5.02 Å². The Morgan fingerprint density at radius 3 is 2.55 bits per heavy atom. The molecule has 1 atom stereocenters. The summed E-state index contributed by atoms with van der Waals surface area (Å²) >= 11 is 6.21. The van der Waals surface area contributed by atoms with Crippen molar-refractivity contribution in [1.29, 1.82) is 0 Å². The molecular formula is C16H22ClNO2. The summed E-state index contributed by atoms with van der Waals surface area (Å²) in [6.45, 7) is 4.05. The Morgan fingerprint density at radius 1 is 1.35 bits per heavy atom. The van der Waals surface area contributed by atoms with Gasteiger partial charge in [-0.05, 0) is 36.3 Å². The smallest absolute Gasteiger partial charge is 0.323 e. The number of carbonyl (C=O) groups excluding carboxylic acids is 1. The summed E-state index contributed by atoms with van der Waals surface area (Å²) in [7, 11) is 1.44. The number of rotatable bonds is 5. The van der Waals surface area contributed by atoms with Crippen molar-refractivity contribution >= 4 is 17.6 Å². The molecule has 0 radical (unpaired) electrons. The average molecular weight is 296 g/mol. The highest BCUT2D eigenvalue weighted by Gasteiger charge is 2.35. The van der Waals surface area contributed by atoms with Crippen LogP contribution in [-0.2, 0) is 9.53 Å². The maximum atomic E-state index is 11.7. The number of methoxy groups -OCH3 is 1. The molecule has 20 heavy (non-hydrogen) atoms. The van der Waals surface area contributed by atoms with Crippen LogP contribution >= 0.6 is 11.6 Å². The zero-order valence-electron chi connectivity index (χ0n) is 12.2. The molecule has 1 aliphatic carbocycles. The zero-order chi connectivity index (χ0) is 14.7. The molecule has 0 heterocycles.